The highest BCUT2D eigenvalue weighted by Crippen LogP contribution is 2.16. The highest BCUT2D eigenvalue weighted by Gasteiger charge is 2.03. The molecule has 2 nitrogen and oxygen atoms in total. The Kier molecular flexibility index (Phi) is 1.69. The van der Waals surface area contributed by atoms with Gasteiger partial charge in [0.05, 0.1) is 5.69 Å². The van der Waals surface area contributed by atoms with Gasteiger partial charge in [0.25, 0.3) is 0 Å². The molecule has 0 radical (unpaired) electrons. The number of benzene rings is 1. The zero-order valence-electron chi connectivity index (χ0n) is 7.72. The molecular weight excluding hydrogens is 162 g/mol. The molecule has 0 aliphatic heterocycles. The summed E-state index contributed by atoms with van der Waals surface area (Å²) < 4.78 is 0. The first-order valence-corrected chi connectivity index (χ1v) is 4.27. The van der Waals surface area contributed by atoms with Crippen LogP contribution in [0.15, 0.2) is 24.3 Å². The van der Waals surface area contributed by atoms with Gasteiger partial charge < -0.3 is 4.98 Å². The molecule has 0 aliphatic carbocycles. The van der Waals surface area contributed by atoms with E-state index in [1.165, 1.54) is 5.56 Å². The molecule has 13 heavy (non-hydrogen) atoms. The van der Waals surface area contributed by atoms with Gasteiger partial charge in [-0.1, -0.05) is 11.6 Å². The topological polar surface area (TPSA) is 32.9 Å². The minimum atomic E-state index is 0.0776. The molecule has 0 atom stereocenters. The summed E-state index contributed by atoms with van der Waals surface area (Å²) in [7, 11) is 0. The van der Waals surface area contributed by atoms with Crippen LogP contribution in [0.1, 0.15) is 23.0 Å². The molecule has 0 fully saturated rings. The van der Waals surface area contributed by atoms with Crippen LogP contribution in [-0.4, -0.2) is 10.8 Å². The predicted molar refractivity (Wildman–Crippen MR) is 53.0 cm³/mol. The third-order valence-corrected chi connectivity index (χ3v) is 2.16. The third-order valence-electron chi connectivity index (χ3n) is 2.16. The lowest BCUT2D eigenvalue weighted by molar-refractivity contribution is 0.101. The molecule has 0 saturated heterocycles. The maximum atomic E-state index is 11.1. The van der Waals surface area contributed by atoms with Gasteiger partial charge in [-0.25, -0.2) is 0 Å². The number of carbonyl (C=O) groups is 1. The van der Waals surface area contributed by atoms with E-state index in [4.69, 9.17) is 0 Å². The Morgan fingerprint density at radius 2 is 2.08 bits per heavy atom. The van der Waals surface area contributed by atoms with Crippen LogP contribution in [0, 0.1) is 6.92 Å². The lowest BCUT2D eigenvalue weighted by Gasteiger charge is -1.90. The Labute approximate surface area is 76.6 Å². The summed E-state index contributed by atoms with van der Waals surface area (Å²) in [6.45, 7) is 3.61. The Balaban J connectivity index is 2.68. The number of aryl methyl sites for hydroxylation is 1. The summed E-state index contributed by atoms with van der Waals surface area (Å²) >= 11 is 0. The molecule has 1 aromatic carbocycles. The van der Waals surface area contributed by atoms with Gasteiger partial charge in [0.2, 0.25) is 0 Å². The summed E-state index contributed by atoms with van der Waals surface area (Å²) in [6.07, 6.45) is 0. The van der Waals surface area contributed by atoms with Gasteiger partial charge in [-0.2, -0.15) is 0 Å². The molecular formula is C11H11NO. The second-order valence-electron chi connectivity index (χ2n) is 3.33. The number of carbonyl (C=O) groups excluding carboxylic acids is 1. The van der Waals surface area contributed by atoms with Crippen LogP contribution in [0.5, 0.6) is 0 Å². The Morgan fingerprint density at radius 1 is 1.31 bits per heavy atom. The van der Waals surface area contributed by atoms with Gasteiger partial charge in [-0.15, -0.1) is 0 Å². The zero-order chi connectivity index (χ0) is 9.42. The van der Waals surface area contributed by atoms with Crippen LogP contribution in [0.25, 0.3) is 10.9 Å². The van der Waals surface area contributed by atoms with Crippen molar-refractivity contribution in [3.63, 3.8) is 0 Å². The first-order valence-electron chi connectivity index (χ1n) is 4.27. The summed E-state index contributed by atoms with van der Waals surface area (Å²) in [4.78, 5) is 14.1. The van der Waals surface area contributed by atoms with Crippen molar-refractivity contribution in [1.29, 1.82) is 0 Å². The maximum absolute atomic E-state index is 11.1. The van der Waals surface area contributed by atoms with Crippen LogP contribution in [0.2, 0.25) is 0 Å². The van der Waals surface area contributed by atoms with E-state index in [0.29, 0.717) is 5.69 Å². The van der Waals surface area contributed by atoms with Gasteiger partial charge in [0, 0.05) is 17.8 Å². The van der Waals surface area contributed by atoms with Crippen molar-refractivity contribution in [2.75, 3.05) is 0 Å². The number of aromatic nitrogens is 1. The van der Waals surface area contributed by atoms with Crippen molar-refractivity contribution in [2.24, 2.45) is 0 Å². The van der Waals surface area contributed by atoms with Gasteiger partial charge in [0.15, 0.2) is 5.78 Å². The summed E-state index contributed by atoms with van der Waals surface area (Å²) in [5, 5.41) is 1.10. The highest BCUT2D eigenvalue weighted by atomic mass is 16.1. The summed E-state index contributed by atoms with van der Waals surface area (Å²) in [6, 6.07) is 7.99. The number of nitrogens with one attached hydrogen (secondary N) is 1. The number of Topliss-reactive ketones (excluding diaryl/α,β-unsaturated/α-hetero) is 1. The quantitative estimate of drug-likeness (QED) is 0.661. The van der Waals surface area contributed by atoms with Gasteiger partial charge in [0.1, 0.15) is 0 Å². The molecule has 0 bridgehead atoms. The minimum absolute atomic E-state index is 0.0776. The summed E-state index contributed by atoms with van der Waals surface area (Å²) in [5.74, 6) is 0.0776. The van der Waals surface area contributed by atoms with E-state index < -0.39 is 0 Å². The van der Waals surface area contributed by atoms with Crippen LogP contribution in [0.3, 0.4) is 0 Å². The fourth-order valence-corrected chi connectivity index (χ4v) is 1.44. The van der Waals surface area contributed by atoms with Gasteiger partial charge in [-0.05, 0) is 25.1 Å². The van der Waals surface area contributed by atoms with Crippen molar-refractivity contribution >= 4 is 16.7 Å². The van der Waals surface area contributed by atoms with Crippen molar-refractivity contribution in [3.05, 3.63) is 35.5 Å². The fourth-order valence-electron chi connectivity index (χ4n) is 1.44. The summed E-state index contributed by atoms with van der Waals surface area (Å²) in [5.41, 5.74) is 2.91. The van der Waals surface area contributed by atoms with E-state index in [9.17, 15) is 4.79 Å². The van der Waals surface area contributed by atoms with Crippen LogP contribution < -0.4 is 0 Å². The molecule has 0 spiro atoms. The Morgan fingerprint density at radius 3 is 2.77 bits per heavy atom. The SMILES string of the molecule is CC(=O)c1cc2cc(C)ccc2[nH]1. The smallest absolute Gasteiger partial charge is 0.175 e. The van der Waals surface area contributed by atoms with E-state index in [1.807, 2.05) is 25.1 Å². The second-order valence-corrected chi connectivity index (χ2v) is 3.33. The number of fused-ring (bicyclic) bond motifs is 1. The average Bonchev–Trinajstić information content (AvgIpc) is 2.46. The van der Waals surface area contributed by atoms with E-state index in [1.54, 1.807) is 6.92 Å². The molecule has 2 heteroatoms. The molecule has 66 valence electrons. The Hall–Kier alpha value is -1.57. The molecule has 1 aromatic heterocycles. The number of hydrogen-bond donors (Lipinski definition) is 1. The van der Waals surface area contributed by atoms with Crippen molar-refractivity contribution in [3.8, 4) is 0 Å². The number of H-pyrrole nitrogens is 1. The van der Waals surface area contributed by atoms with E-state index in [-0.39, 0.29) is 5.78 Å². The normalized spacial score (nSPS) is 10.6. The highest BCUT2D eigenvalue weighted by molar-refractivity contribution is 5.97. The first kappa shape index (κ1) is 8.05. The van der Waals surface area contributed by atoms with E-state index in [2.05, 4.69) is 11.1 Å². The van der Waals surface area contributed by atoms with Crippen molar-refractivity contribution in [1.82, 2.24) is 4.98 Å². The largest absolute Gasteiger partial charge is 0.352 e. The molecule has 1 heterocycles. The lowest BCUT2D eigenvalue weighted by atomic mass is 10.2. The monoisotopic (exact) mass is 173 g/mol. The van der Waals surface area contributed by atoms with Crippen molar-refractivity contribution < 1.29 is 4.79 Å². The minimum Gasteiger partial charge on any atom is -0.352 e. The van der Waals surface area contributed by atoms with Crippen LogP contribution in [-0.2, 0) is 0 Å². The third kappa shape index (κ3) is 1.35. The molecule has 0 saturated carbocycles. The van der Waals surface area contributed by atoms with Crippen molar-refractivity contribution in [2.45, 2.75) is 13.8 Å². The molecule has 0 unspecified atom stereocenters. The van der Waals surface area contributed by atoms with Gasteiger partial charge in [-0.3, -0.25) is 4.79 Å². The first-order chi connectivity index (χ1) is 6.16. The van der Waals surface area contributed by atoms with Crippen LogP contribution >= 0.6 is 0 Å². The average molecular weight is 173 g/mol. The number of hydrogen-bond acceptors (Lipinski definition) is 1. The standard InChI is InChI=1S/C11H11NO/c1-7-3-4-10-9(5-7)6-11(12-10)8(2)13/h3-6,12H,1-2H3. The van der Waals surface area contributed by atoms with Gasteiger partial charge >= 0.3 is 0 Å². The number of rotatable bonds is 1. The van der Waals surface area contributed by atoms with Crippen LogP contribution in [0.4, 0.5) is 0 Å². The molecule has 0 aliphatic rings. The molecule has 1 N–H and O–H groups in total. The second kappa shape index (κ2) is 2.73. The predicted octanol–water partition coefficient (Wildman–Crippen LogP) is 2.68. The molecule has 2 aromatic rings. The van der Waals surface area contributed by atoms with E-state index in [0.717, 1.165) is 10.9 Å². The molecule has 2 rings (SSSR count). The molecule has 0 amide bonds. The maximum Gasteiger partial charge on any atom is 0.175 e. The van der Waals surface area contributed by atoms with E-state index >= 15 is 0 Å². The lowest BCUT2D eigenvalue weighted by Crippen LogP contribution is -1.89. The number of ketones is 1. The zero-order valence-corrected chi connectivity index (χ0v) is 7.72. The number of aromatic amines is 1. The Bertz CT molecular complexity index is 468. The fraction of sp³-hybridized carbons (Fsp3) is 0.182.